The van der Waals surface area contributed by atoms with Crippen LogP contribution >= 0.6 is 23.2 Å². The van der Waals surface area contributed by atoms with E-state index in [9.17, 15) is 9.18 Å². The average molecular weight is 353 g/mol. The second-order valence-electron chi connectivity index (χ2n) is 5.72. The second-order valence-corrected chi connectivity index (χ2v) is 6.56. The summed E-state index contributed by atoms with van der Waals surface area (Å²) in [6.07, 6.45) is 1.95. The summed E-state index contributed by atoms with van der Waals surface area (Å²) in [6, 6.07) is 11.0. The maximum absolute atomic E-state index is 13.0. The molecule has 0 aliphatic heterocycles. The molecule has 0 atom stereocenters. The Bertz CT molecular complexity index is 730. The van der Waals surface area contributed by atoms with E-state index < -0.39 is 0 Å². The molecular weight excluding hydrogens is 338 g/mol. The van der Waals surface area contributed by atoms with Crippen molar-refractivity contribution in [1.82, 2.24) is 5.32 Å². The number of anilines is 1. The Balaban J connectivity index is 1.59. The molecule has 1 aliphatic carbocycles. The number of benzene rings is 2. The highest BCUT2D eigenvalue weighted by Gasteiger charge is 2.44. The quantitative estimate of drug-likeness (QED) is 0.799. The van der Waals surface area contributed by atoms with Crippen LogP contribution in [0.5, 0.6) is 0 Å². The molecule has 0 heterocycles. The van der Waals surface area contributed by atoms with Crippen molar-refractivity contribution >= 4 is 34.9 Å². The molecule has 0 unspecified atom stereocenters. The van der Waals surface area contributed by atoms with Crippen LogP contribution in [0.15, 0.2) is 42.5 Å². The monoisotopic (exact) mass is 352 g/mol. The number of hydrogen-bond acceptors (Lipinski definition) is 1. The van der Waals surface area contributed by atoms with Crippen LogP contribution in [0, 0.1) is 5.82 Å². The molecule has 2 aromatic carbocycles. The highest BCUT2D eigenvalue weighted by atomic mass is 35.5. The van der Waals surface area contributed by atoms with E-state index in [4.69, 9.17) is 23.2 Å². The van der Waals surface area contributed by atoms with E-state index in [0.29, 0.717) is 22.3 Å². The lowest BCUT2D eigenvalue weighted by atomic mass is 9.96. The van der Waals surface area contributed by atoms with Crippen LogP contribution in [-0.2, 0) is 5.41 Å². The summed E-state index contributed by atoms with van der Waals surface area (Å²) in [5.74, 6) is -0.257. The third kappa shape index (κ3) is 3.77. The molecule has 0 bridgehead atoms. The Labute approximate surface area is 143 Å². The molecule has 3 rings (SSSR count). The molecule has 0 saturated heterocycles. The van der Waals surface area contributed by atoms with Gasteiger partial charge in [0.2, 0.25) is 0 Å². The van der Waals surface area contributed by atoms with E-state index in [2.05, 4.69) is 10.6 Å². The van der Waals surface area contributed by atoms with Crippen molar-refractivity contribution in [2.24, 2.45) is 0 Å². The minimum Gasteiger partial charge on any atom is -0.337 e. The topological polar surface area (TPSA) is 41.1 Å². The third-order valence-corrected chi connectivity index (χ3v) is 4.62. The molecule has 0 radical (unpaired) electrons. The zero-order chi connectivity index (χ0) is 16.4. The number of rotatable bonds is 4. The molecule has 120 valence electrons. The van der Waals surface area contributed by atoms with E-state index in [1.165, 1.54) is 12.1 Å². The van der Waals surface area contributed by atoms with Gasteiger partial charge in [-0.05, 0) is 48.7 Å². The second kappa shape index (κ2) is 6.38. The van der Waals surface area contributed by atoms with Gasteiger partial charge < -0.3 is 10.6 Å². The molecule has 2 N–H and O–H groups in total. The van der Waals surface area contributed by atoms with Gasteiger partial charge in [-0.2, -0.15) is 0 Å². The zero-order valence-corrected chi connectivity index (χ0v) is 13.7. The summed E-state index contributed by atoms with van der Waals surface area (Å²) < 4.78 is 13.0. The van der Waals surface area contributed by atoms with E-state index >= 15 is 0 Å². The molecule has 1 aliphatic rings. The number of carbonyl (C=O) groups excluding carboxylic acids is 1. The van der Waals surface area contributed by atoms with Crippen LogP contribution in [0.3, 0.4) is 0 Å². The predicted molar refractivity (Wildman–Crippen MR) is 90.8 cm³/mol. The number of urea groups is 1. The predicted octanol–water partition coefficient (Wildman–Crippen LogP) is 4.99. The Morgan fingerprint density at radius 2 is 1.83 bits per heavy atom. The average Bonchev–Trinajstić information content (AvgIpc) is 3.30. The van der Waals surface area contributed by atoms with Gasteiger partial charge in [0.1, 0.15) is 5.82 Å². The van der Waals surface area contributed by atoms with Crippen molar-refractivity contribution < 1.29 is 9.18 Å². The highest BCUT2D eigenvalue weighted by Crippen LogP contribution is 2.47. The Hall–Kier alpha value is -1.78. The lowest BCUT2D eigenvalue weighted by Gasteiger charge is -2.17. The molecule has 6 heteroatoms. The molecule has 0 spiro atoms. The van der Waals surface area contributed by atoms with Gasteiger partial charge in [-0.1, -0.05) is 35.3 Å². The van der Waals surface area contributed by atoms with E-state index in [-0.39, 0.29) is 17.3 Å². The Kier molecular flexibility index (Phi) is 4.46. The molecule has 2 aromatic rings. The highest BCUT2D eigenvalue weighted by molar-refractivity contribution is 6.36. The lowest BCUT2D eigenvalue weighted by molar-refractivity contribution is 0.251. The van der Waals surface area contributed by atoms with E-state index in [1.807, 2.05) is 0 Å². The first-order valence-electron chi connectivity index (χ1n) is 7.24. The van der Waals surface area contributed by atoms with Gasteiger partial charge in [-0.3, -0.25) is 0 Å². The van der Waals surface area contributed by atoms with Crippen LogP contribution in [0.1, 0.15) is 18.4 Å². The van der Waals surface area contributed by atoms with Crippen molar-refractivity contribution in [2.75, 3.05) is 11.9 Å². The zero-order valence-electron chi connectivity index (χ0n) is 12.2. The largest absolute Gasteiger partial charge is 0.337 e. The summed E-state index contributed by atoms with van der Waals surface area (Å²) in [5, 5.41) is 6.44. The number of amides is 2. The Morgan fingerprint density at radius 1 is 1.13 bits per heavy atom. The van der Waals surface area contributed by atoms with Gasteiger partial charge in [0.05, 0.1) is 10.7 Å². The number of hydrogen-bond donors (Lipinski definition) is 2. The van der Waals surface area contributed by atoms with Crippen molar-refractivity contribution in [3.05, 3.63) is 63.9 Å². The van der Waals surface area contributed by atoms with Gasteiger partial charge in [-0.15, -0.1) is 0 Å². The first kappa shape index (κ1) is 16.1. The standard InChI is InChI=1S/C17H15Cl2FN2O/c18-12-3-6-15(14(19)9-12)22-16(23)21-10-17(7-8-17)11-1-4-13(20)5-2-11/h1-6,9H,7-8,10H2,(H2,21,22,23). The van der Waals surface area contributed by atoms with Crippen LogP contribution in [0.4, 0.5) is 14.9 Å². The first-order valence-corrected chi connectivity index (χ1v) is 8.00. The van der Waals surface area contributed by atoms with Crippen LogP contribution < -0.4 is 10.6 Å². The molecule has 1 saturated carbocycles. The van der Waals surface area contributed by atoms with Gasteiger partial charge in [-0.25, -0.2) is 9.18 Å². The summed E-state index contributed by atoms with van der Waals surface area (Å²) in [6.45, 7) is 0.496. The maximum Gasteiger partial charge on any atom is 0.319 e. The minimum absolute atomic E-state index is 0.0885. The number of halogens is 3. The van der Waals surface area contributed by atoms with Crippen molar-refractivity contribution in [3.63, 3.8) is 0 Å². The van der Waals surface area contributed by atoms with Gasteiger partial charge >= 0.3 is 6.03 Å². The normalized spacial score (nSPS) is 15.1. The van der Waals surface area contributed by atoms with Crippen molar-refractivity contribution in [3.8, 4) is 0 Å². The van der Waals surface area contributed by atoms with Gasteiger partial charge in [0, 0.05) is 17.0 Å². The Morgan fingerprint density at radius 3 is 2.43 bits per heavy atom. The summed E-state index contributed by atoms with van der Waals surface area (Å²) in [7, 11) is 0. The molecule has 0 aromatic heterocycles. The molecular formula is C17H15Cl2FN2O. The fourth-order valence-corrected chi connectivity index (χ4v) is 2.98. The number of nitrogens with one attached hydrogen (secondary N) is 2. The molecule has 1 fully saturated rings. The van der Waals surface area contributed by atoms with Gasteiger partial charge in [0.25, 0.3) is 0 Å². The smallest absolute Gasteiger partial charge is 0.319 e. The maximum atomic E-state index is 13.0. The summed E-state index contributed by atoms with van der Waals surface area (Å²) >= 11 is 11.8. The van der Waals surface area contributed by atoms with Crippen LogP contribution in [0.25, 0.3) is 0 Å². The summed E-state index contributed by atoms with van der Waals surface area (Å²) in [5.41, 5.74) is 1.46. The van der Waals surface area contributed by atoms with E-state index in [1.54, 1.807) is 30.3 Å². The summed E-state index contributed by atoms with van der Waals surface area (Å²) in [4.78, 5) is 12.0. The van der Waals surface area contributed by atoms with Crippen molar-refractivity contribution in [2.45, 2.75) is 18.3 Å². The first-order chi connectivity index (χ1) is 11.0. The third-order valence-electron chi connectivity index (χ3n) is 4.08. The van der Waals surface area contributed by atoms with E-state index in [0.717, 1.165) is 18.4 Å². The lowest BCUT2D eigenvalue weighted by Crippen LogP contribution is -2.35. The van der Waals surface area contributed by atoms with Gasteiger partial charge in [0.15, 0.2) is 0 Å². The van der Waals surface area contributed by atoms with Crippen LogP contribution in [-0.4, -0.2) is 12.6 Å². The SMILES string of the molecule is O=C(NCC1(c2ccc(F)cc2)CC1)Nc1ccc(Cl)cc1Cl. The fourth-order valence-electron chi connectivity index (χ4n) is 2.53. The minimum atomic E-state index is -0.331. The molecule has 3 nitrogen and oxygen atoms in total. The van der Waals surface area contributed by atoms with Crippen molar-refractivity contribution in [1.29, 1.82) is 0 Å². The molecule has 2 amide bonds. The van der Waals surface area contributed by atoms with Crippen LogP contribution in [0.2, 0.25) is 10.0 Å². The fraction of sp³-hybridized carbons (Fsp3) is 0.235. The molecule has 23 heavy (non-hydrogen) atoms. The number of carbonyl (C=O) groups is 1.